The van der Waals surface area contributed by atoms with Gasteiger partial charge in [0.2, 0.25) is 17.7 Å². The predicted molar refractivity (Wildman–Crippen MR) is 64.6 cm³/mol. The normalized spacial score (nSPS) is 25.5. The second-order valence-corrected chi connectivity index (χ2v) is 4.91. The van der Waals surface area contributed by atoms with Gasteiger partial charge >= 0.3 is 0 Å². The topological polar surface area (TPSA) is 69.7 Å². The van der Waals surface area contributed by atoms with Crippen molar-refractivity contribution in [2.75, 3.05) is 32.7 Å². The number of nitrogens with zero attached hydrogens (tertiary/aromatic N) is 2. The molecular formula is C12H19N3O3. The fraction of sp³-hybridized carbons (Fsp3) is 0.750. The zero-order chi connectivity index (χ0) is 13.1. The molecule has 2 aliphatic rings. The molecule has 0 aromatic rings. The lowest BCUT2D eigenvalue weighted by Crippen LogP contribution is -2.44. The van der Waals surface area contributed by atoms with E-state index in [9.17, 15) is 14.4 Å². The Morgan fingerprint density at radius 3 is 2.78 bits per heavy atom. The van der Waals surface area contributed by atoms with E-state index < -0.39 is 0 Å². The average Bonchev–Trinajstić information content (AvgIpc) is 2.58. The number of likely N-dealkylation sites (tertiary alicyclic amines) is 1. The first-order chi connectivity index (χ1) is 8.59. The van der Waals surface area contributed by atoms with Crippen molar-refractivity contribution in [2.45, 2.75) is 19.8 Å². The maximum atomic E-state index is 12.1. The number of carbonyl (C=O) groups is 3. The summed E-state index contributed by atoms with van der Waals surface area (Å²) in [6.45, 7) is 4.64. The minimum Gasteiger partial charge on any atom is -0.340 e. The molecule has 2 heterocycles. The van der Waals surface area contributed by atoms with E-state index in [2.05, 4.69) is 5.32 Å². The van der Waals surface area contributed by atoms with Crippen molar-refractivity contribution >= 4 is 17.7 Å². The molecule has 3 amide bonds. The van der Waals surface area contributed by atoms with Gasteiger partial charge < -0.3 is 10.2 Å². The third-order valence-electron chi connectivity index (χ3n) is 3.46. The summed E-state index contributed by atoms with van der Waals surface area (Å²) in [4.78, 5) is 38.2. The van der Waals surface area contributed by atoms with Crippen LogP contribution in [-0.4, -0.2) is 60.2 Å². The molecule has 6 nitrogen and oxygen atoms in total. The maximum absolute atomic E-state index is 12.1. The third kappa shape index (κ3) is 2.69. The van der Waals surface area contributed by atoms with Crippen molar-refractivity contribution in [3.63, 3.8) is 0 Å². The zero-order valence-corrected chi connectivity index (χ0v) is 10.6. The Morgan fingerprint density at radius 1 is 1.33 bits per heavy atom. The lowest BCUT2D eigenvalue weighted by atomic mass is 10.1. The number of rotatable bonds is 2. The third-order valence-corrected chi connectivity index (χ3v) is 3.46. The van der Waals surface area contributed by atoms with E-state index in [0.717, 1.165) is 24.4 Å². The first-order valence-corrected chi connectivity index (χ1v) is 6.42. The van der Waals surface area contributed by atoms with Gasteiger partial charge in [0.1, 0.15) is 6.54 Å². The van der Waals surface area contributed by atoms with Gasteiger partial charge in [0.25, 0.3) is 0 Å². The van der Waals surface area contributed by atoms with Crippen LogP contribution in [0.4, 0.5) is 0 Å². The number of nitrogens with one attached hydrogen (secondary N) is 1. The van der Waals surface area contributed by atoms with Crippen molar-refractivity contribution in [1.29, 1.82) is 0 Å². The van der Waals surface area contributed by atoms with Crippen molar-refractivity contribution in [3.05, 3.63) is 0 Å². The van der Waals surface area contributed by atoms with Gasteiger partial charge in [0.05, 0.1) is 0 Å². The molecule has 1 atom stereocenters. The number of imide groups is 1. The van der Waals surface area contributed by atoms with Crippen LogP contribution in [0, 0.1) is 5.92 Å². The Balaban J connectivity index is 1.94. The second kappa shape index (κ2) is 5.48. The molecule has 100 valence electrons. The second-order valence-electron chi connectivity index (χ2n) is 4.91. The standard InChI is InChI=1S/C12H19N3O3/c1-9-7-10(16)15(12(9)18)8-11(17)14-5-2-3-13-4-6-14/h9,13H,2-8H2,1H3. The van der Waals surface area contributed by atoms with Crippen molar-refractivity contribution in [2.24, 2.45) is 5.92 Å². The van der Waals surface area contributed by atoms with Crippen LogP contribution in [0.1, 0.15) is 19.8 Å². The first-order valence-electron chi connectivity index (χ1n) is 6.42. The smallest absolute Gasteiger partial charge is 0.242 e. The van der Waals surface area contributed by atoms with Crippen LogP contribution in [0.25, 0.3) is 0 Å². The molecule has 0 aromatic heterocycles. The summed E-state index contributed by atoms with van der Waals surface area (Å²) < 4.78 is 0. The molecule has 0 saturated carbocycles. The molecular weight excluding hydrogens is 234 g/mol. The van der Waals surface area contributed by atoms with Crippen LogP contribution in [0.3, 0.4) is 0 Å². The van der Waals surface area contributed by atoms with Crippen LogP contribution in [0.5, 0.6) is 0 Å². The van der Waals surface area contributed by atoms with Crippen molar-refractivity contribution in [3.8, 4) is 0 Å². The van der Waals surface area contributed by atoms with Crippen LogP contribution < -0.4 is 5.32 Å². The molecule has 2 rings (SSSR count). The monoisotopic (exact) mass is 253 g/mol. The van der Waals surface area contributed by atoms with Gasteiger partial charge in [-0.2, -0.15) is 0 Å². The van der Waals surface area contributed by atoms with Gasteiger partial charge in [-0.25, -0.2) is 0 Å². The summed E-state index contributed by atoms with van der Waals surface area (Å²) in [5, 5.41) is 3.21. The summed E-state index contributed by atoms with van der Waals surface area (Å²) in [5.41, 5.74) is 0. The van der Waals surface area contributed by atoms with Gasteiger partial charge in [-0.1, -0.05) is 6.92 Å². The van der Waals surface area contributed by atoms with Crippen LogP contribution in [-0.2, 0) is 14.4 Å². The highest BCUT2D eigenvalue weighted by Gasteiger charge is 2.37. The van der Waals surface area contributed by atoms with E-state index in [1.165, 1.54) is 0 Å². The van der Waals surface area contributed by atoms with E-state index in [4.69, 9.17) is 0 Å². The van der Waals surface area contributed by atoms with Gasteiger partial charge in [0.15, 0.2) is 0 Å². The Bertz CT molecular complexity index is 362. The molecule has 1 N–H and O–H groups in total. The largest absolute Gasteiger partial charge is 0.340 e. The maximum Gasteiger partial charge on any atom is 0.242 e. The quantitative estimate of drug-likeness (QED) is 0.654. The minimum atomic E-state index is -0.281. The van der Waals surface area contributed by atoms with Crippen molar-refractivity contribution in [1.82, 2.24) is 15.1 Å². The molecule has 0 aromatic carbocycles. The molecule has 0 aliphatic carbocycles. The zero-order valence-electron chi connectivity index (χ0n) is 10.6. The number of amides is 3. The molecule has 0 bridgehead atoms. The lowest BCUT2D eigenvalue weighted by Gasteiger charge is -2.22. The number of carbonyl (C=O) groups excluding carboxylic acids is 3. The SMILES string of the molecule is CC1CC(=O)N(CC(=O)N2CCCNCC2)C1=O. The molecule has 2 aliphatic heterocycles. The van der Waals surface area contributed by atoms with E-state index in [0.29, 0.717) is 13.1 Å². The highest BCUT2D eigenvalue weighted by Crippen LogP contribution is 2.18. The number of hydrogen-bond acceptors (Lipinski definition) is 4. The number of hydrogen-bond donors (Lipinski definition) is 1. The molecule has 6 heteroatoms. The first kappa shape index (κ1) is 13.0. The highest BCUT2D eigenvalue weighted by molar-refractivity contribution is 6.05. The summed E-state index contributed by atoms with van der Waals surface area (Å²) in [6.07, 6.45) is 1.14. The van der Waals surface area contributed by atoms with Crippen LogP contribution in [0.15, 0.2) is 0 Å². The average molecular weight is 253 g/mol. The van der Waals surface area contributed by atoms with Gasteiger partial charge in [-0.3, -0.25) is 19.3 Å². The van der Waals surface area contributed by atoms with Crippen LogP contribution in [0.2, 0.25) is 0 Å². The Hall–Kier alpha value is -1.43. The van der Waals surface area contributed by atoms with Gasteiger partial charge in [0, 0.05) is 32.0 Å². The summed E-state index contributed by atoms with van der Waals surface area (Å²) in [6, 6.07) is 0. The van der Waals surface area contributed by atoms with E-state index in [1.807, 2.05) is 0 Å². The molecule has 0 spiro atoms. The summed E-state index contributed by atoms with van der Waals surface area (Å²) in [7, 11) is 0. The highest BCUT2D eigenvalue weighted by atomic mass is 16.2. The molecule has 2 saturated heterocycles. The predicted octanol–water partition coefficient (Wildman–Crippen LogP) is -0.797. The minimum absolute atomic E-state index is 0.0952. The molecule has 0 radical (unpaired) electrons. The molecule has 2 fully saturated rings. The van der Waals surface area contributed by atoms with Gasteiger partial charge in [-0.15, -0.1) is 0 Å². The van der Waals surface area contributed by atoms with Crippen LogP contribution >= 0.6 is 0 Å². The lowest BCUT2D eigenvalue weighted by molar-refractivity contribution is -0.146. The Kier molecular flexibility index (Phi) is 3.96. The van der Waals surface area contributed by atoms with E-state index in [1.54, 1.807) is 11.8 Å². The fourth-order valence-electron chi connectivity index (χ4n) is 2.34. The van der Waals surface area contributed by atoms with E-state index in [-0.39, 0.29) is 36.6 Å². The summed E-state index contributed by atoms with van der Waals surface area (Å²) >= 11 is 0. The Morgan fingerprint density at radius 2 is 2.11 bits per heavy atom. The summed E-state index contributed by atoms with van der Waals surface area (Å²) in [5.74, 6) is -0.860. The van der Waals surface area contributed by atoms with E-state index >= 15 is 0 Å². The molecule has 18 heavy (non-hydrogen) atoms. The Labute approximate surface area is 106 Å². The van der Waals surface area contributed by atoms with Crippen molar-refractivity contribution < 1.29 is 14.4 Å². The molecule has 1 unspecified atom stereocenters. The van der Waals surface area contributed by atoms with Gasteiger partial charge in [-0.05, 0) is 13.0 Å². The fourth-order valence-corrected chi connectivity index (χ4v) is 2.34.